The quantitative estimate of drug-likeness (QED) is 0.803. The molecule has 0 aromatic heterocycles. The second-order valence-electron chi connectivity index (χ2n) is 6.15. The second-order valence-corrected chi connectivity index (χ2v) is 8.04. The topological polar surface area (TPSA) is 49.4 Å². The molecule has 2 aliphatic rings. The molecule has 3 rings (SSSR count). The molecule has 0 saturated heterocycles. The van der Waals surface area contributed by atoms with Gasteiger partial charge >= 0.3 is 0 Å². The van der Waals surface area contributed by atoms with Crippen molar-refractivity contribution >= 4 is 10.0 Å². The summed E-state index contributed by atoms with van der Waals surface area (Å²) in [7, 11) is -3.32. The maximum absolute atomic E-state index is 12.7. The van der Waals surface area contributed by atoms with Gasteiger partial charge in [-0.3, -0.25) is 0 Å². The van der Waals surface area contributed by atoms with Crippen molar-refractivity contribution in [1.29, 1.82) is 0 Å². The van der Waals surface area contributed by atoms with Crippen molar-refractivity contribution in [3.63, 3.8) is 0 Å². The summed E-state index contributed by atoms with van der Waals surface area (Å²) in [5, 5.41) is 3.44. The van der Waals surface area contributed by atoms with Gasteiger partial charge in [-0.05, 0) is 49.8 Å². The Kier molecular flexibility index (Phi) is 4.33. The van der Waals surface area contributed by atoms with Crippen molar-refractivity contribution in [2.24, 2.45) is 0 Å². The van der Waals surface area contributed by atoms with E-state index < -0.39 is 10.0 Å². The van der Waals surface area contributed by atoms with E-state index in [-0.39, 0.29) is 6.04 Å². The normalized spacial score (nSPS) is 19.1. The highest BCUT2D eigenvalue weighted by Crippen LogP contribution is 2.32. The van der Waals surface area contributed by atoms with Gasteiger partial charge in [0.15, 0.2) is 0 Å². The highest BCUT2D eigenvalue weighted by molar-refractivity contribution is 7.89. The van der Waals surface area contributed by atoms with Gasteiger partial charge in [0.2, 0.25) is 10.0 Å². The summed E-state index contributed by atoms with van der Waals surface area (Å²) >= 11 is 0. The molecule has 0 atom stereocenters. The number of nitrogens with one attached hydrogen (secondary N) is 1. The molecule has 2 fully saturated rings. The summed E-state index contributed by atoms with van der Waals surface area (Å²) in [5.41, 5.74) is 1.15. The van der Waals surface area contributed by atoms with E-state index in [1.807, 2.05) is 19.1 Å². The van der Waals surface area contributed by atoms with Gasteiger partial charge in [-0.2, -0.15) is 4.31 Å². The Balaban J connectivity index is 1.71. The lowest BCUT2D eigenvalue weighted by molar-refractivity contribution is 0.403. The summed E-state index contributed by atoms with van der Waals surface area (Å²) < 4.78 is 27.1. The van der Waals surface area contributed by atoms with E-state index in [0.29, 0.717) is 17.5 Å². The molecule has 0 radical (unpaired) electrons. The van der Waals surface area contributed by atoms with E-state index >= 15 is 0 Å². The first-order valence-corrected chi connectivity index (χ1v) is 9.39. The van der Waals surface area contributed by atoms with E-state index in [1.165, 1.54) is 12.8 Å². The van der Waals surface area contributed by atoms with Crippen molar-refractivity contribution in [3.05, 3.63) is 29.8 Å². The molecule has 0 heterocycles. The van der Waals surface area contributed by atoms with Gasteiger partial charge in [-0.1, -0.05) is 19.1 Å². The van der Waals surface area contributed by atoms with E-state index in [9.17, 15) is 8.42 Å². The molecular formula is C16H24N2O2S. The van der Waals surface area contributed by atoms with Crippen LogP contribution in [0.3, 0.4) is 0 Å². The number of benzene rings is 1. The van der Waals surface area contributed by atoms with Crippen LogP contribution < -0.4 is 5.32 Å². The minimum absolute atomic E-state index is 0.228. The lowest BCUT2D eigenvalue weighted by atomic mass is 10.2. The van der Waals surface area contributed by atoms with Crippen molar-refractivity contribution in [3.8, 4) is 0 Å². The molecule has 21 heavy (non-hydrogen) atoms. The van der Waals surface area contributed by atoms with Crippen LogP contribution >= 0.6 is 0 Å². The molecule has 1 aromatic carbocycles. The van der Waals surface area contributed by atoms with Gasteiger partial charge in [0.25, 0.3) is 0 Å². The fourth-order valence-corrected chi connectivity index (χ4v) is 4.32. The van der Waals surface area contributed by atoms with Crippen molar-refractivity contribution in [1.82, 2.24) is 9.62 Å². The van der Waals surface area contributed by atoms with Gasteiger partial charge in [0.1, 0.15) is 0 Å². The molecule has 1 aromatic rings. The molecule has 4 nitrogen and oxygen atoms in total. The minimum Gasteiger partial charge on any atom is -0.310 e. The Morgan fingerprint density at radius 2 is 1.81 bits per heavy atom. The van der Waals surface area contributed by atoms with Crippen LogP contribution in [0.25, 0.3) is 0 Å². The zero-order chi connectivity index (χ0) is 14.9. The van der Waals surface area contributed by atoms with Crippen LogP contribution in [0.4, 0.5) is 0 Å². The summed E-state index contributed by atoms with van der Waals surface area (Å²) in [5.74, 6) is 0. The van der Waals surface area contributed by atoms with E-state index in [1.54, 1.807) is 16.4 Å². The van der Waals surface area contributed by atoms with Gasteiger partial charge in [0.05, 0.1) is 4.90 Å². The van der Waals surface area contributed by atoms with Crippen molar-refractivity contribution < 1.29 is 8.42 Å². The van der Waals surface area contributed by atoms with Crippen LogP contribution in [0, 0.1) is 0 Å². The Bertz CT molecular complexity index is 575. The van der Waals surface area contributed by atoms with Gasteiger partial charge in [-0.25, -0.2) is 8.42 Å². The van der Waals surface area contributed by atoms with Gasteiger partial charge in [-0.15, -0.1) is 0 Å². The largest absolute Gasteiger partial charge is 0.310 e. The molecule has 1 N–H and O–H groups in total. The van der Waals surface area contributed by atoms with Crippen LogP contribution in [0.1, 0.15) is 44.6 Å². The molecule has 116 valence electrons. The minimum atomic E-state index is -3.32. The monoisotopic (exact) mass is 308 g/mol. The number of rotatable bonds is 8. The molecule has 0 amide bonds. The smallest absolute Gasteiger partial charge is 0.243 e. The SMILES string of the molecule is CCCN(C1CC1)S(=O)(=O)c1ccc(CNC2CC2)cc1. The predicted octanol–water partition coefficient (Wildman–Crippen LogP) is 2.50. The zero-order valence-electron chi connectivity index (χ0n) is 12.6. The van der Waals surface area contributed by atoms with Crippen molar-refractivity contribution in [2.45, 2.75) is 62.6 Å². The number of nitrogens with zero attached hydrogens (tertiary/aromatic N) is 1. The number of hydrogen-bond donors (Lipinski definition) is 1. The Labute approximate surface area is 127 Å². The lowest BCUT2D eigenvalue weighted by Crippen LogP contribution is -2.33. The maximum Gasteiger partial charge on any atom is 0.243 e. The van der Waals surface area contributed by atoms with Crippen LogP contribution in [-0.2, 0) is 16.6 Å². The van der Waals surface area contributed by atoms with Crippen LogP contribution in [0.5, 0.6) is 0 Å². The van der Waals surface area contributed by atoms with E-state index in [2.05, 4.69) is 5.32 Å². The second kappa shape index (κ2) is 6.07. The fraction of sp³-hybridized carbons (Fsp3) is 0.625. The van der Waals surface area contributed by atoms with E-state index in [0.717, 1.165) is 31.4 Å². The lowest BCUT2D eigenvalue weighted by Gasteiger charge is -2.21. The van der Waals surface area contributed by atoms with Crippen LogP contribution in [0.2, 0.25) is 0 Å². The molecule has 2 saturated carbocycles. The highest BCUT2D eigenvalue weighted by Gasteiger charge is 2.37. The summed E-state index contributed by atoms with van der Waals surface area (Å²) in [6, 6.07) is 8.27. The maximum atomic E-state index is 12.7. The van der Waals surface area contributed by atoms with Crippen LogP contribution in [0.15, 0.2) is 29.2 Å². The van der Waals surface area contributed by atoms with Gasteiger partial charge in [0, 0.05) is 25.2 Å². The first kappa shape index (κ1) is 15.0. The first-order valence-electron chi connectivity index (χ1n) is 7.95. The van der Waals surface area contributed by atoms with Crippen LogP contribution in [-0.4, -0.2) is 31.4 Å². The zero-order valence-corrected chi connectivity index (χ0v) is 13.4. The summed E-state index contributed by atoms with van der Waals surface area (Å²) in [6.07, 6.45) is 5.39. The molecule has 0 spiro atoms. The Morgan fingerprint density at radius 1 is 1.14 bits per heavy atom. The third kappa shape index (κ3) is 3.65. The third-order valence-corrected chi connectivity index (χ3v) is 6.07. The van der Waals surface area contributed by atoms with E-state index in [4.69, 9.17) is 0 Å². The summed E-state index contributed by atoms with van der Waals surface area (Å²) in [4.78, 5) is 0.429. The molecule has 0 bridgehead atoms. The molecular weight excluding hydrogens is 284 g/mol. The average molecular weight is 308 g/mol. The Hall–Kier alpha value is -0.910. The number of hydrogen-bond acceptors (Lipinski definition) is 3. The summed E-state index contributed by atoms with van der Waals surface area (Å²) in [6.45, 7) is 3.47. The molecule has 0 unspecified atom stereocenters. The Morgan fingerprint density at radius 3 is 2.33 bits per heavy atom. The van der Waals surface area contributed by atoms with Crippen molar-refractivity contribution in [2.75, 3.05) is 6.54 Å². The molecule has 5 heteroatoms. The van der Waals surface area contributed by atoms with Gasteiger partial charge < -0.3 is 5.32 Å². The standard InChI is InChI=1S/C16H24N2O2S/c1-2-11-18(15-7-8-15)21(19,20)16-9-3-13(4-10-16)12-17-14-5-6-14/h3-4,9-10,14-15,17H,2,5-8,11-12H2,1H3. The molecule has 0 aliphatic heterocycles. The molecule has 2 aliphatic carbocycles. The first-order chi connectivity index (χ1) is 10.1. The number of sulfonamides is 1. The average Bonchev–Trinajstić information content (AvgIpc) is 3.37. The predicted molar refractivity (Wildman–Crippen MR) is 83.5 cm³/mol. The highest BCUT2D eigenvalue weighted by atomic mass is 32.2. The third-order valence-electron chi connectivity index (χ3n) is 4.10. The fourth-order valence-electron chi connectivity index (χ4n) is 2.55.